The Hall–Kier alpha value is -2.69. The molecule has 1 aromatic carbocycles. The van der Waals surface area contributed by atoms with Crippen LogP contribution in [0.15, 0.2) is 59.8 Å². The Morgan fingerprint density at radius 1 is 1.19 bits per heavy atom. The van der Waals surface area contributed by atoms with Gasteiger partial charge in [0.1, 0.15) is 17.8 Å². The molecule has 3 rings (SSSR count). The molecular formula is C16H14O5. The number of hydrogen-bond acceptors (Lipinski definition) is 5. The van der Waals surface area contributed by atoms with Crippen molar-refractivity contribution in [1.29, 1.82) is 0 Å². The molecule has 0 radical (unpaired) electrons. The van der Waals surface area contributed by atoms with E-state index < -0.39 is 23.5 Å². The van der Waals surface area contributed by atoms with Crippen molar-refractivity contribution in [1.82, 2.24) is 0 Å². The minimum atomic E-state index is -0.934. The van der Waals surface area contributed by atoms with E-state index in [0.29, 0.717) is 5.76 Å². The summed E-state index contributed by atoms with van der Waals surface area (Å²) in [5.74, 6) is -1.57. The van der Waals surface area contributed by atoms with E-state index in [0.717, 1.165) is 5.56 Å². The normalized spacial score (nSPS) is 24.7. The van der Waals surface area contributed by atoms with Crippen LogP contribution < -0.4 is 0 Å². The highest BCUT2D eigenvalue weighted by atomic mass is 16.5. The number of ether oxygens (including phenoxy) is 2. The predicted molar refractivity (Wildman–Crippen MR) is 75.2 cm³/mol. The second kappa shape index (κ2) is 5.01. The summed E-state index contributed by atoms with van der Waals surface area (Å²) < 4.78 is 10.8. The van der Waals surface area contributed by atoms with Crippen molar-refractivity contribution in [3.63, 3.8) is 0 Å². The lowest BCUT2D eigenvalue weighted by Crippen LogP contribution is -2.37. The summed E-state index contributed by atoms with van der Waals surface area (Å²) in [6.07, 6.45) is 2.13. The smallest absolute Gasteiger partial charge is 0.196 e. The predicted octanol–water partition coefficient (Wildman–Crippen LogP) is 2.48. The van der Waals surface area contributed by atoms with Gasteiger partial charge in [0.25, 0.3) is 0 Å². The van der Waals surface area contributed by atoms with Crippen LogP contribution in [0.2, 0.25) is 0 Å². The Kier molecular flexibility index (Phi) is 3.17. The second-order valence-electron chi connectivity index (χ2n) is 4.81. The Balaban J connectivity index is 2.01. The van der Waals surface area contributed by atoms with Gasteiger partial charge in [-0.05, 0) is 0 Å². The standard InChI is InChI=1S/C16H14O5/c1-20-13-8-12-14(16(19)15(13)18)10(17)7-11(21-12)9-5-3-2-4-6-9/h2-8,12,14,18-19H,1H3. The largest absolute Gasteiger partial charge is 0.507 e. The highest BCUT2D eigenvalue weighted by molar-refractivity contribution is 6.00. The Labute approximate surface area is 121 Å². The van der Waals surface area contributed by atoms with E-state index in [1.54, 1.807) is 0 Å². The fourth-order valence-electron chi connectivity index (χ4n) is 2.47. The van der Waals surface area contributed by atoms with E-state index in [9.17, 15) is 15.0 Å². The summed E-state index contributed by atoms with van der Waals surface area (Å²) in [6, 6.07) is 9.22. The summed E-state index contributed by atoms with van der Waals surface area (Å²) in [5, 5.41) is 19.8. The molecule has 1 aliphatic heterocycles. The quantitative estimate of drug-likeness (QED) is 0.873. The number of rotatable bonds is 2. The van der Waals surface area contributed by atoms with Gasteiger partial charge in [0, 0.05) is 17.7 Å². The van der Waals surface area contributed by atoms with Crippen LogP contribution >= 0.6 is 0 Å². The van der Waals surface area contributed by atoms with Crippen LogP contribution in [0, 0.1) is 5.92 Å². The summed E-state index contributed by atoms with van der Waals surface area (Å²) in [4.78, 5) is 12.2. The van der Waals surface area contributed by atoms with Gasteiger partial charge in [0.15, 0.2) is 23.1 Å². The molecule has 1 heterocycles. The maximum absolute atomic E-state index is 12.2. The van der Waals surface area contributed by atoms with Crippen molar-refractivity contribution in [2.24, 2.45) is 5.92 Å². The van der Waals surface area contributed by atoms with E-state index in [2.05, 4.69) is 0 Å². The number of carbonyl (C=O) groups is 1. The van der Waals surface area contributed by atoms with Crippen LogP contribution in [0.25, 0.3) is 5.76 Å². The van der Waals surface area contributed by atoms with Gasteiger partial charge in [-0.3, -0.25) is 4.79 Å². The van der Waals surface area contributed by atoms with Gasteiger partial charge < -0.3 is 19.7 Å². The lowest BCUT2D eigenvalue weighted by Gasteiger charge is -2.32. The third kappa shape index (κ3) is 2.16. The number of aliphatic hydroxyl groups excluding tert-OH is 2. The molecule has 0 spiro atoms. The maximum atomic E-state index is 12.2. The van der Waals surface area contributed by atoms with Crippen molar-refractivity contribution in [2.75, 3.05) is 7.11 Å². The molecular weight excluding hydrogens is 272 g/mol. The number of fused-ring (bicyclic) bond motifs is 1. The monoisotopic (exact) mass is 286 g/mol. The van der Waals surface area contributed by atoms with Gasteiger partial charge >= 0.3 is 0 Å². The molecule has 2 atom stereocenters. The lowest BCUT2D eigenvalue weighted by atomic mass is 9.87. The molecule has 2 aliphatic rings. The average molecular weight is 286 g/mol. The first-order chi connectivity index (χ1) is 10.1. The number of methoxy groups -OCH3 is 1. The molecule has 2 N–H and O–H groups in total. The van der Waals surface area contributed by atoms with E-state index >= 15 is 0 Å². The molecule has 0 saturated carbocycles. The van der Waals surface area contributed by atoms with Crippen LogP contribution in [0.5, 0.6) is 0 Å². The number of allylic oxidation sites excluding steroid dienone is 1. The van der Waals surface area contributed by atoms with E-state index in [4.69, 9.17) is 9.47 Å². The minimum Gasteiger partial charge on any atom is -0.507 e. The Bertz CT molecular complexity index is 669. The Morgan fingerprint density at radius 2 is 1.90 bits per heavy atom. The van der Waals surface area contributed by atoms with E-state index in [-0.39, 0.29) is 11.5 Å². The van der Waals surface area contributed by atoms with Gasteiger partial charge in [-0.15, -0.1) is 0 Å². The van der Waals surface area contributed by atoms with Crippen molar-refractivity contribution in [3.05, 3.63) is 65.3 Å². The third-order valence-electron chi connectivity index (χ3n) is 3.54. The third-order valence-corrected chi connectivity index (χ3v) is 3.54. The van der Waals surface area contributed by atoms with Crippen molar-refractivity contribution in [2.45, 2.75) is 6.10 Å². The van der Waals surface area contributed by atoms with Crippen molar-refractivity contribution >= 4 is 11.5 Å². The average Bonchev–Trinajstić information content (AvgIpc) is 2.51. The molecule has 1 aromatic rings. The molecule has 0 saturated heterocycles. The first-order valence-electron chi connectivity index (χ1n) is 6.47. The summed E-state index contributed by atoms with van der Waals surface area (Å²) >= 11 is 0. The topological polar surface area (TPSA) is 76.0 Å². The number of ketones is 1. The van der Waals surface area contributed by atoms with Gasteiger partial charge in [-0.2, -0.15) is 0 Å². The number of aliphatic hydroxyl groups is 2. The molecule has 0 bridgehead atoms. The van der Waals surface area contributed by atoms with Crippen LogP contribution in [0.3, 0.4) is 0 Å². The number of carbonyl (C=O) groups excluding carboxylic acids is 1. The minimum absolute atomic E-state index is 0.0934. The maximum Gasteiger partial charge on any atom is 0.196 e. The second-order valence-corrected chi connectivity index (χ2v) is 4.81. The number of hydrogen-bond donors (Lipinski definition) is 2. The van der Waals surface area contributed by atoms with Gasteiger partial charge in [-0.25, -0.2) is 0 Å². The zero-order valence-electron chi connectivity index (χ0n) is 11.3. The fraction of sp³-hybridized carbons (Fsp3) is 0.188. The van der Waals surface area contributed by atoms with E-state index in [1.165, 1.54) is 19.3 Å². The molecule has 1 aliphatic carbocycles. The fourth-order valence-corrected chi connectivity index (χ4v) is 2.47. The van der Waals surface area contributed by atoms with Crippen molar-refractivity contribution < 1.29 is 24.5 Å². The molecule has 2 unspecified atom stereocenters. The highest BCUT2D eigenvalue weighted by Gasteiger charge is 2.41. The van der Waals surface area contributed by atoms with E-state index in [1.807, 2.05) is 30.3 Å². The Morgan fingerprint density at radius 3 is 2.57 bits per heavy atom. The summed E-state index contributed by atoms with van der Waals surface area (Å²) in [7, 11) is 1.37. The van der Waals surface area contributed by atoms with Crippen LogP contribution in [-0.2, 0) is 14.3 Å². The highest BCUT2D eigenvalue weighted by Crippen LogP contribution is 2.36. The molecule has 108 valence electrons. The molecule has 0 amide bonds. The SMILES string of the molecule is COC1=CC2OC(c3ccccc3)=CC(=O)C2C(O)=C1O. The van der Waals surface area contributed by atoms with Gasteiger partial charge in [-0.1, -0.05) is 30.3 Å². The number of benzene rings is 1. The zero-order valence-corrected chi connectivity index (χ0v) is 11.3. The first kappa shape index (κ1) is 13.3. The molecule has 0 fully saturated rings. The summed E-state index contributed by atoms with van der Waals surface area (Å²) in [6.45, 7) is 0. The van der Waals surface area contributed by atoms with Crippen LogP contribution in [0.1, 0.15) is 5.56 Å². The molecule has 5 heteroatoms. The summed E-state index contributed by atoms with van der Waals surface area (Å²) in [5.41, 5.74) is 0.773. The van der Waals surface area contributed by atoms with Crippen molar-refractivity contribution in [3.8, 4) is 0 Å². The first-order valence-corrected chi connectivity index (χ1v) is 6.47. The van der Waals surface area contributed by atoms with Gasteiger partial charge in [0.05, 0.1) is 7.11 Å². The van der Waals surface area contributed by atoms with Crippen LogP contribution in [0.4, 0.5) is 0 Å². The molecule has 5 nitrogen and oxygen atoms in total. The van der Waals surface area contributed by atoms with Crippen LogP contribution in [-0.4, -0.2) is 29.2 Å². The lowest BCUT2D eigenvalue weighted by molar-refractivity contribution is -0.121. The zero-order chi connectivity index (χ0) is 15.0. The molecule has 21 heavy (non-hydrogen) atoms. The molecule has 0 aromatic heterocycles. The van der Waals surface area contributed by atoms with Gasteiger partial charge in [0.2, 0.25) is 0 Å².